The summed E-state index contributed by atoms with van der Waals surface area (Å²) < 4.78 is 29.0. The van der Waals surface area contributed by atoms with Crippen LogP contribution in [-0.2, 0) is 23.7 Å². The van der Waals surface area contributed by atoms with Crippen LogP contribution >= 0.6 is 12.4 Å². The third-order valence-electron chi connectivity index (χ3n) is 6.65. The topological polar surface area (TPSA) is 118 Å². The second-order valence-electron chi connectivity index (χ2n) is 8.63. The number of anilines is 1. The van der Waals surface area contributed by atoms with E-state index in [-0.39, 0.29) is 48.6 Å². The van der Waals surface area contributed by atoms with E-state index in [0.717, 1.165) is 42.5 Å². The molecule has 0 unspecified atom stereocenters. The summed E-state index contributed by atoms with van der Waals surface area (Å²) in [6.07, 6.45) is 5.32. The maximum Gasteiger partial charge on any atom is 0.267 e. The number of hydrogen-bond acceptors (Lipinski definition) is 9. The van der Waals surface area contributed by atoms with Crippen molar-refractivity contribution in [2.45, 2.75) is 43.4 Å². The van der Waals surface area contributed by atoms with E-state index in [0.29, 0.717) is 26.4 Å². The van der Waals surface area contributed by atoms with Crippen LogP contribution in [0.15, 0.2) is 24.5 Å². The SMILES string of the molecule is CO[C@@H]1CO[C@H]2[C@@H]1OC[C@H]2OCCOC1CCN(c2cncc3ccc(C(N)=O)nc23)CC1.Cl. The molecule has 34 heavy (non-hydrogen) atoms. The van der Waals surface area contributed by atoms with Crippen LogP contribution in [0.5, 0.6) is 0 Å². The summed E-state index contributed by atoms with van der Waals surface area (Å²) in [5.41, 5.74) is 7.33. The van der Waals surface area contributed by atoms with Gasteiger partial charge in [-0.15, -0.1) is 12.4 Å². The zero-order valence-corrected chi connectivity index (χ0v) is 19.9. The number of rotatable bonds is 8. The van der Waals surface area contributed by atoms with E-state index < -0.39 is 5.91 Å². The summed E-state index contributed by atoms with van der Waals surface area (Å²) in [6, 6.07) is 3.46. The highest BCUT2D eigenvalue weighted by atomic mass is 35.5. The Morgan fingerprint density at radius 2 is 1.79 bits per heavy atom. The number of pyridine rings is 2. The molecule has 3 saturated heterocycles. The molecule has 0 spiro atoms. The van der Waals surface area contributed by atoms with Gasteiger partial charge in [0.1, 0.15) is 30.1 Å². The molecule has 2 N–H and O–H groups in total. The quantitative estimate of drug-likeness (QED) is 0.542. The van der Waals surface area contributed by atoms with Crippen LogP contribution in [0.3, 0.4) is 0 Å². The molecular weight excluding hydrogens is 464 g/mol. The number of aromatic nitrogens is 2. The number of primary amides is 1. The van der Waals surface area contributed by atoms with Crippen LogP contribution in [0.25, 0.3) is 10.9 Å². The number of fused-ring (bicyclic) bond motifs is 2. The number of amides is 1. The molecular formula is C23H31ClN4O6. The fourth-order valence-corrected chi connectivity index (χ4v) is 4.85. The van der Waals surface area contributed by atoms with Gasteiger partial charge < -0.3 is 34.3 Å². The van der Waals surface area contributed by atoms with Crippen LogP contribution in [0.1, 0.15) is 23.3 Å². The van der Waals surface area contributed by atoms with Gasteiger partial charge in [-0.05, 0) is 25.0 Å². The Balaban J connectivity index is 0.00000274. The van der Waals surface area contributed by atoms with Gasteiger partial charge >= 0.3 is 0 Å². The van der Waals surface area contributed by atoms with E-state index >= 15 is 0 Å². The van der Waals surface area contributed by atoms with E-state index in [1.165, 1.54) is 0 Å². The zero-order valence-electron chi connectivity index (χ0n) is 19.1. The largest absolute Gasteiger partial charge is 0.376 e. The van der Waals surface area contributed by atoms with Crippen LogP contribution in [0.2, 0.25) is 0 Å². The summed E-state index contributed by atoms with van der Waals surface area (Å²) in [4.78, 5) is 22.6. The molecule has 0 radical (unpaired) electrons. The Morgan fingerprint density at radius 3 is 2.53 bits per heavy atom. The van der Waals surface area contributed by atoms with E-state index in [9.17, 15) is 4.79 Å². The normalized spacial score (nSPS) is 27.0. The number of carbonyl (C=O) groups excluding carboxylic acids is 1. The lowest BCUT2D eigenvalue weighted by molar-refractivity contribution is -0.0670. The highest BCUT2D eigenvalue weighted by molar-refractivity contribution is 5.96. The van der Waals surface area contributed by atoms with Gasteiger partial charge in [-0.2, -0.15) is 0 Å². The molecule has 1 amide bonds. The first-order valence-electron chi connectivity index (χ1n) is 11.4. The Bertz CT molecular complexity index is 989. The van der Waals surface area contributed by atoms with Gasteiger partial charge in [0.2, 0.25) is 0 Å². The van der Waals surface area contributed by atoms with Gasteiger partial charge in [0.15, 0.2) is 0 Å². The number of ether oxygens (including phenoxy) is 5. The second kappa shape index (κ2) is 11.1. The first-order valence-corrected chi connectivity index (χ1v) is 11.4. The number of nitrogens with zero attached hydrogens (tertiary/aromatic N) is 3. The predicted molar refractivity (Wildman–Crippen MR) is 127 cm³/mol. The minimum absolute atomic E-state index is 0. The van der Waals surface area contributed by atoms with E-state index in [4.69, 9.17) is 29.4 Å². The molecule has 2 aromatic rings. The molecule has 4 atom stereocenters. The fraction of sp³-hybridized carbons (Fsp3) is 0.609. The fourth-order valence-electron chi connectivity index (χ4n) is 4.85. The van der Waals surface area contributed by atoms with Gasteiger partial charge in [0, 0.05) is 31.8 Å². The Kier molecular flexibility index (Phi) is 8.18. The number of methoxy groups -OCH3 is 1. The van der Waals surface area contributed by atoms with E-state index in [1.807, 2.05) is 6.07 Å². The van der Waals surface area contributed by atoms with Crippen molar-refractivity contribution >= 4 is 34.9 Å². The van der Waals surface area contributed by atoms with Crippen molar-refractivity contribution in [3.8, 4) is 0 Å². The molecule has 5 heterocycles. The molecule has 3 fully saturated rings. The van der Waals surface area contributed by atoms with Crippen molar-refractivity contribution in [3.63, 3.8) is 0 Å². The van der Waals surface area contributed by atoms with Crippen LogP contribution in [0.4, 0.5) is 5.69 Å². The Labute approximate surface area is 204 Å². The van der Waals surface area contributed by atoms with Crippen LogP contribution < -0.4 is 10.6 Å². The molecule has 0 saturated carbocycles. The number of hydrogen-bond donors (Lipinski definition) is 1. The van der Waals surface area contributed by atoms with Crippen molar-refractivity contribution in [1.82, 2.24) is 9.97 Å². The lowest BCUT2D eigenvalue weighted by Crippen LogP contribution is -2.38. The molecule has 2 aromatic heterocycles. The van der Waals surface area contributed by atoms with Crippen molar-refractivity contribution in [1.29, 1.82) is 0 Å². The minimum Gasteiger partial charge on any atom is -0.376 e. The molecule has 5 rings (SSSR count). The molecule has 0 bridgehead atoms. The lowest BCUT2D eigenvalue weighted by Gasteiger charge is -2.33. The number of halogens is 1. The summed E-state index contributed by atoms with van der Waals surface area (Å²) >= 11 is 0. The summed E-state index contributed by atoms with van der Waals surface area (Å²) in [5.74, 6) is -0.535. The molecule has 3 aliphatic heterocycles. The summed E-state index contributed by atoms with van der Waals surface area (Å²) in [6.45, 7) is 3.75. The molecule has 0 aromatic carbocycles. The zero-order chi connectivity index (χ0) is 22.8. The number of nitrogens with two attached hydrogens (primary N) is 1. The maximum atomic E-state index is 11.6. The summed E-state index contributed by atoms with van der Waals surface area (Å²) in [5, 5.41) is 0.884. The lowest BCUT2D eigenvalue weighted by atomic mass is 10.1. The van der Waals surface area contributed by atoms with E-state index in [1.54, 1.807) is 25.6 Å². The van der Waals surface area contributed by atoms with Gasteiger partial charge in [0.25, 0.3) is 5.91 Å². The third kappa shape index (κ3) is 5.12. The van der Waals surface area contributed by atoms with Crippen molar-refractivity contribution in [2.24, 2.45) is 5.73 Å². The molecule has 3 aliphatic rings. The number of carbonyl (C=O) groups is 1. The van der Waals surface area contributed by atoms with Crippen LogP contribution in [-0.4, -0.2) is 93.0 Å². The van der Waals surface area contributed by atoms with Gasteiger partial charge in [-0.25, -0.2) is 4.98 Å². The average Bonchev–Trinajstić information content (AvgIpc) is 3.44. The Hall–Kier alpha value is -2.08. The van der Waals surface area contributed by atoms with E-state index in [2.05, 4.69) is 14.9 Å². The average molecular weight is 495 g/mol. The number of piperidine rings is 1. The molecule has 0 aliphatic carbocycles. The Morgan fingerprint density at radius 1 is 1.09 bits per heavy atom. The smallest absolute Gasteiger partial charge is 0.267 e. The summed E-state index contributed by atoms with van der Waals surface area (Å²) in [7, 11) is 1.68. The highest BCUT2D eigenvalue weighted by Crippen LogP contribution is 2.30. The first kappa shape index (κ1) is 25.0. The maximum absolute atomic E-state index is 11.6. The third-order valence-corrected chi connectivity index (χ3v) is 6.65. The molecule has 11 heteroatoms. The predicted octanol–water partition coefficient (Wildman–Crippen LogP) is 1.33. The van der Waals surface area contributed by atoms with Crippen LogP contribution in [0, 0.1) is 0 Å². The highest BCUT2D eigenvalue weighted by Gasteiger charge is 2.48. The van der Waals surface area contributed by atoms with Gasteiger partial charge in [0.05, 0.1) is 49.9 Å². The monoisotopic (exact) mass is 494 g/mol. The second-order valence-corrected chi connectivity index (χ2v) is 8.63. The van der Waals surface area contributed by atoms with Crippen molar-refractivity contribution in [3.05, 3.63) is 30.2 Å². The van der Waals surface area contributed by atoms with Gasteiger partial charge in [-0.3, -0.25) is 9.78 Å². The van der Waals surface area contributed by atoms with Crippen molar-refractivity contribution in [2.75, 3.05) is 51.5 Å². The first-order chi connectivity index (χ1) is 16.1. The standard InChI is InChI=1S/C23H30N4O6.ClH/c1-29-18-12-32-22-19(13-33-21(18)22)31-9-8-30-15-4-6-27(7-5-15)17-11-25-10-14-2-3-16(23(24)28)26-20(14)17;/h2-3,10-11,15,18-19,21-22H,4-9,12-13H2,1H3,(H2,24,28);1H/t18-,19-,21-,22-;/m1./s1. The minimum atomic E-state index is -0.535. The van der Waals surface area contributed by atoms with Crippen molar-refractivity contribution < 1.29 is 28.5 Å². The molecule has 186 valence electrons. The molecule has 10 nitrogen and oxygen atoms in total. The van der Waals surface area contributed by atoms with Gasteiger partial charge in [-0.1, -0.05) is 0 Å².